The summed E-state index contributed by atoms with van der Waals surface area (Å²) < 4.78 is 2.05. The van der Waals surface area contributed by atoms with E-state index in [1.165, 1.54) is 23.3 Å². The van der Waals surface area contributed by atoms with E-state index < -0.39 is 0 Å². The lowest BCUT2D eigenvalue weighted by Gasteiger charge is -2.24. The van der Waals surface area contributed by atoms with E-state index in [-0.39, 0.29) is 0 Å². The Hall–Kier alpha value is -0.870. The Morgan fingerprint density at radius 3 is 3.12 bits per heavy atom. The normalized spacial score (nSPS) is 19.8. The quantitative estimate of drug-likeness (QED) is 0.781. The molecule has 16 heavy (non-hydrogen) atoms. The first-order chi connectivity index (χ1) is 7.77. The van der Waals surface area contributed by atoms with Crippen LogP contribution in [-0.4, -0.2) is 14.8 Å². The molecule has 5 heteroatoms. The van der Waals surface area contributed by atoms with Crippen molar-refractivity contribution in [2.75, 3.05) is 0 Å². The number of halogens is 1. The van der Waals surface area contributed by atoms with Gasteiger partial charge in [0.15, 0.2) is 0 Å². The van der Waals surface area contributed by atoms with Crippen molar-refractivity contribution >= 4 is 22.9 Å². The van der Waals surface area contributed by atoms with Gasteiger partial charge in [-0.05, 0) is 54.8 Å². The zero-order chi connectivity index (χ0) is 11.1. The van der Waals surface area contributed by atoms with Crippen molar-refractivity contribution in [3.63, 3.8) is 0 Å². The molecule has 3 rings (SSSR count). The molecule has 0 radical (unpaired) electrons. The lowest BCUT2D eigenvalue weighted by molar-refractivity contribution is 0.485. The second-order valence-corrected chi connectivity index (χ2v) is 5.43. The highest BCUT2D eigenvalue weighted by molar-refractivity contribution is 7.10. The van der Waals surface area contributed by atoms with Gasteiger partial charge < -0.3 is 0 Å². The summed E-state index contributed by atoms with van der Waals surface area (Å²) in [5.74, 6) is 0.897. The predicted octanol–water partition coefficient (Wildman–Crippen LogP) is 3.23. The Balaban J connectivity index is 2.10. The molecule has 0 saturated heterocycles. The summed E-state index contributed by atoms with van der Waals surface area (Å²) >= 11 is 7.95. The molecule has 0 spiro atoms. The van der Waals surface area contributed by atoms with Crippen LogP contribution in [0.15, 0.2) is 11.4 Å². The van der Waals surface area contributed by atoms with Crippen LogP contribution in [0.4, 0.5) is 0 Å². The fourth-order valence-electron chi connectivity index (χ4n) is 2.43. The molecule has 1 unspecified atom stereocenters. The molecule has 2 aromatic rings. The number of rotatable bonds is 1. The molecular formula is C11H12ClN3S. The van der Waals surface area contributed by atoms with E-state index in [0.717, 1.165) is 12.2 Å². The second-order valence-electron chi connectivity index (χ2n) is 4.09. The molecule has 1 atom stereocenters. The van der Waals surface area contributed by atoms with Gasteiger partial charge in [0, 0.05) is 4.88 Å². The molecule has 2 heterocycles. The molecule has 0 aromatic carbocycles. The first-order valence-corrected chi connectivity index (χ1v) is 6.66. The van der Waals surface area contributed by atoms with Crippen LogP contribution in [0.25, 0.3) is 0 Å². The average Bonchev–Trinajstić information content (AvgIpc) is 2.86. The lowest BCUT2D eigenvalue weighted by Crippen LogP contribution is -2.17. The maximum atomic E-state index is 6.10. The molecule has 1 aliphatic carbocycles. The van der Waals surface area contributed by atoms with Gasteiger partial charge in [0.1, 0.15) is 5.82 Å². The Morgan fingerprint density at radius 1 is 1.50 bits per heavy atom. The van der Waals surface area contributed by atoms with Gasteiger partial charge in [0.25, 0.3) is 0 Å². The van der Waals surface area contributed by atoms with Crippen molar-refractivity contribution in [2.24, 2.45) is 0 Å². The lowest BCUT2D eigenvalue weighted by atomic mass is 9.94. The van der Waals surface area contributed by atoms with E-state index in [0.29, 0.717) is 11.3 Å². The van der Waals surface area contributed by atoms with Crippen molar-refractivity contribution in [3.8, 4) is 0 Å². The molecule has 0 saturated carbocycles. The molecule has 2 aromatic heterocycles. The van der Waals surface area contributed by atoms with Crippen LogP contribution >= 0.6 is 22.9 Å². The highest BCUT2D eigenvalue weighted by Crippen LogP contribution is 2.37. The summed E-state index contributed by atoms with van der Waals surface area (Å²) in [6.45, 7) is 1.96. The van der Waals surface area contributed by atoms with Gasteiger partial charge in [-0.3, -0.25) is 4.57 Å². The van der Waals surface area contributed by atoms with Gasteiger partial charge in [0.2, 0.25) is 5.28 Å². The van der Waals surface area contributed by atoms with Crippen molar-refractivity contribution in [3.05, 3.63) is 33.0 Å². The number of aryl methyl sites for hydroxylation is 2. The first kappa shape index (κ1) is 10.3. The van der Waals surface area contributed by atoms with Crippen molar-refractivity contribution in [1.29, 1.82) is 0 Å². The third-order valence-electron chi connectivity index (χ3n) is 3.16. The van der Waals surface area contributed by atoms with Gasteiger partial charge in [0.05, 0.1) is 6.04 Å². The van der Waals surface area contributed by atoms with E-state index in [1.54, 1.807) is 0 Å². The van der Waals surface area contributed by atoms with E-state index >= 15 is 0 Å². The van der Waals surface area contributed by atoms with Crippen LogP contribution in [0.3, 0.4) is 0 Å². The number of hydrogen-bond acceptors (Lipinski definition) is 3. The average molecular weight is 254 g/mol. The van der Waals surface area contributed by atoms with Crippen LogP contribution in [-0.2, 0) is 6.42 Å². The van der Waals surface area contributed by atoms with Crippen LogP contribution in [0.5, 0.6) is 0 Å². The minimum atomic E-state index is 0.331. The second kappa shape index (κ2) is 3.86. The van der Waals surface area contributed by atoms with Crippen molar-refractivity contribution in [1.82, 2.24) is 14.8 Å². The maximum Gasteiger partial charge on any atom is 0.225 e. The van der Waals surface area contributed by atoms with E-state index in [1.807, 2.05) is 22.8 Å². The first-order valence-electron chi connectivity index (χ1n) is 5.40. The fourth-order valence-corrected chi connectivity index (χ4v) is 3.69. The molecule has 3 nitrogen and oxygen atoms in total. The van der Waals surface area contributed by atoms with E-state index in [2.05, 4.69) is 21.6 Å². The number of aromatic nitrogens is 3. The third-order valence-corrected chi connectivity index (χ3v) is 4.41. The number of fused-ring (bicyclic) bond motifs is 1. The summed E-state index contributed by atoms with van der Waals surface area (Å²) in [5, 5.41) is 10.6. The zero-order valence-electron chi connectivity index (χ0n) is 8.98. The molecule has 0 fully saturated rings. The Morgan fingerprint density at radius 2 is 2.38 bits per heavy atom. The molecule has 0 N–H and O–H groups in total. The smallest absolute Gasteiger partial charge is 0.225 e. The predicted molar refractivity (Wildman–Crippen MR) is 65.2 cm³/mol. The minimum absolute atomic E-state index is 0.331. The summed E-state index contributed by atoms with van der Waals surface area (Å²) in [5.41, 5.74) is 1.40. The summed E-state index contributed by atoms with van der Waals surface area (Å²) in [6.07, 6.45) is 3.54. The number of thiophene rings is 1. The molecular weight excluding hydrogens is 242 g/mol. The zero-order valence-corrected chi connectivity index (χ0v) is 10.6. The standard InChI is InChI=1S/C11H12ClN3S/c1-7-13-14-11(12)15(7)9-3-2-4-10-8(9)5-6-16-10/h5-6,9H,2-4H2,1H3. The van der Waals surface area contributed by atoms with Gasteiger partial charge in [-0.15, -0.1) is 21.5 Å². The summed E-state index contributed by atoms with van der Waals surface area (Å²) in [4.78, 5) is 1.49. The molecule has 0 amide bonds. The Bertz CT molecular complexity index is 498. The van der Waals surface area contributed by atoms with Crippen molar-refractivity contribution < 1.29 is 0 Å². The van der Waals surface area contributed by atoms with Gasteiger partial charge in [-0.25, -0.2) is 0 Å². The number of hydrogen-bond donors (Lipinski definition) is 0. The van der Waals surface area contributed by atoms with Crippen LogP contribution in [0, 0.1) is 6.92 Å². The monoisotopic (exact) mass is 253 g/mol. The summed E-state index contributed by atoms with van der Waals surface area (Å²) in [6, 6.07) is 2.54. The third kappa shape index (κ3) is 1.48. The van der Waals surface area contributed by atoms with Crippen LogP contribution in [0.1, 0.15) is 35.1 Å². The SMILES string of the molecule is Cc1nnc(Cl)n1C1CCCc2sccc21. The molecule has 1 aliphatic rings. The highest BCUT2D eigenvalue weighted by Gasteiger charge is 2.25. The van der Waals surface area contributed by atoms with Gasteiger partial charge in [-0.2, -0.15) is 0 Å². The molecule has 84 valence electrons. The number of nitrogens with zero attached hydrogens (tertiary/aromatic N) is 3. The fraction of sp³-hybridized carbons (Fsp3) is 0.455. The van der Waals surface area contributed by atoms with Gasteiger partial charge >= 0.3 is 0 Å². The van der Waals surface area contributed by atoms with Gasteiger partial charge in [-0.1, -0.05) is 0 Å². The van der Waals surface area contributed by atoms with E-state index in [4.69, 9.17) is 11.6 Å². The maximum absolute atomic E-state index is 6.10. The van der Waals surface area contributed by atoms with Crippen LogP contribution < -0.4 is 0 Å². The molecule has 0 bridgehead atoms. The molecule has 0 aliphatic heterocycles. The van der Waals surface area contributed by atoms with E-state index in [9.17, 15) is 0 Å². The van der Waals surface area contributed by atoms with Crippen molar-refractivity contribution in [2.45, 2.75) is 32.2 Å². The topological polar surface area (TPSA) is 30.7 Å². The largest absolute Gasteiger partial charge is 0.294 e. The van der Waals surface area contributed by atoms with Crippen LogP contribution in [0.2, 0.25) is 5.28 Å². The Labute approximate surface area is 103 Å². The summed E-state index contributed by atoms with van der Waals surface area (Å²) in [7, 11) is 0. The minimum Gasteiger partial charge on any atom is -0.294 e. The Kier molecular flexibility index (Phi) is 2.48. The highest BCUT2D eigenvalue weighted by atomic mass is 35.5.